The lowest BCUT2D eigenvalue weighted by atomic mass is 9.94. The van der Waals surface area contributed by atoms with Gasteiger partial charge in [-0.2, -0.15) is 10.1 Å². The third kappa shape index (κ3) is 4.05. The van der Waals surface area contributed by atoms with Gasteiger partial charge in [0.2, 0.25) is 5.95 Å². The number of pyridine rings is 1. The standard InChI is InChI=1S/C25H23N7O/c1-3-11-32-15-20-23(22-19-13-18(26-2)7-6-17(19)12-21(22)33)29-25(30-24(20)31-32)28-10-8-16-5-4-9-27-14-16/h4-7,9,13-15,22H,3,8,10-12H2,1H3,(H,28,30,31). The van der Waals surface area contributed by atoms with Crippen LogP contribution in [0, 0.1) is 6.57 Å². The van der Waals surface area contributed by atoms with Crippen molar-refractivity contribution in [3.05, 3.63) is 82.7 Å². The Labute approximate surface area is 191 Å². The first-order chi connectivity index (χ1) is 16.2. The number of nitrogens with one attached hydrogen (secondary N) is 1. The topological polar surface area (TPSA) is 89.9 Å². The van der Waals surface area contributed by atoms with E-state index in [9.17, 15) is 4.79 Å². The minimum atomic E-state index is -0.523. The molecule has 3 aromatic heterocycles. The van der Waals surface area contributed by atoms with Crippen molar-refractivity contribution in [2.24, 2.45) is 0 Å². The van der Waals surface area contributed by atoms with Gasteiger partial charge < -0.3 is 5.32 Å². The van der Waals surface area contributed by atoms with Crippen molar-refractivity contribution in [1.82, 2.24) is 24.7 Å². The van der Waals surface area contributed by atoms with Crippen LogP contribution in [0.3, 0.4) is 0 Å². The zero-order valence-corrected chi connectivity index (χ0v) is 18.3. The van der Waals surface area contributed by atoms with E-state index in [0.29, 0.717) is 35.9 Å². The quantitative estimate of drug-likeness (QED) is 0.438. The maximum Gasteiger partial charge on any atom is 0.225 e. The molecule has 0 bridgehead atoms. The van der Waals surface area contributed by atoms with Gasteiger partial charge in [-0.1, -0.05) is 31.2 Å². The number of anilines is 1. The fourth-order valence-corrected chi connectivity index (χ4v) is 4.33. The zero-order chi connectivity index (χ0) is 22.8. The molecule has 4 aromatic rings. The molecular weight excluding hydrogens is 414 g/mol. The van der Waals surface area contributed by atoms with Gasteiger partial charge in [0.25, 0.3) is 0 Å². The predicted octanol–water partition coefficient (Wildman–Crippen LogP) is 4.09. The third-order valence-electron chi connectivity index (χ3n) is 5.86. The van der Waals surface area contributed by atoms with Crippen LogP contribution in [0.5, 0.6) is 0 Å². The molecule has 8 heteroatoms. The van der Waals surface area contributed by atoms with E-state index in [1.807, 2.05) is 41.3 Å². The number of hydrogen-bond donors (Lipinski definition) is 1. The van der Waals surface area contributed by atoms with Gasteiger partial charge in [0.15, 0.2) is 17.1 Å². The second-order valence-corrected chi connectivity index (χ2v) is 8.17. The summed E-state index contributed by atoms with van der Waals surface area (Å²) in [7, 11) is 0. The molecule has 164 valence electrons. The molecule has 0 spiro atoms. The van der Waals surface area contributed by atoms with Gasteiger partial charge in [0, 0.05) is 38.1 Å². The van der Waals surface area contributed by atoms with E-state index in [0.717, 1.165) is 41.5 Å². The van der Waals surface area contributed by atoms with Crippen molar-refractivity contribution < 1.29 is 4.79 Å². The van der Waals surface area contributed by atoms with E-state index in [1.54, 1.807) is 12.3 Å². The molecule has 3 heterocycles. The number of hydrogen-bond acceptors (Lipinski definition) is 6. The summed E-state index contributed by atoms with van der Waals surface area (Å²) >= 11 is 0. The average Bonchev–Trinajstić information content (AvgIpc) is 3.38. The summed E-state index contributed by atoms with van der Waals surface area (Å²) in [4.78, 5) is 30.3. The second-order valence-electron chi connectivity index (χ2n) is 8.17. The Hall–Kier alpha value is -4.12. The highest BCUT2D eigenvalue weighted by Gasteiger charge is 2.35. The van der Waals surface area contributed by atoms with Crippen LogP contribution < -0.4 is 5.32 Å². The van der Waals surface area contributed by atoms with Crippen LogP contribution in [0.25, 0.3) is 15.9 Å². The zero-order valence-electron chi connectivity index (χ0n) is 18.3. The maximum atomic E-state index is 13.1. The maximum absolute atomic E-state index is 13.1. The molecule has 0 saturated heterocycles. The van der Waals surface area contributed by atoms with Gasteiger partial charge in [-0.05, 0) is 35.6 Å². The molecule has 1 aliphatic carbocycles. The number of aromatic nitrogens is 5. The fourth-order valence-electron chi connectivity index (χ4n) is 4.33. The minimum Gasteiger partial charge on any atom is -0.354 e. The largest absolute Gasteiger partial charge is 0.354 e. The normalized spacial score (nSPS) is 14.9. The SMILES string of the molecule is [C-]#[N+]c1ccc2c(c1)C(c1nc(NCCc3cccnc3)nc3nn(CCC)cc13)C(=O)C2. The highest BCUT2D eigenvalue weighted by atomic mass is 16.1. The van der Waals surface area contributed by atoms with E-state index in [2.05, 4.69) is 32.2 Å². The summed E-state index contributed by atoms with van der Waals surface area (Å²) in [5.41, 5.74) is 4.67. The highest BCUT2D eigenvalue weighted by Crippen LogP contribution is 2.39. The van der Waals surface area contributed by atoms with Crippen LogP contribution in [0.2, 0.25) is 0 Å². The fraction of sp³-hybridized carbons (Fsp3) is 0.280. The van der Waals surface area contributed by atoms with Gasteiger partial charge in [0.05, 0.1) is 23.6 Å². The van der Waals surface area contributed by atoms with E-state index < -0.39 is 5.92 Å². The molecule has 33 heavy (non-hydrogen) atoms. The number of ketones is 1. The molecule has 0 amide bonds. The van der Waals surface area contributed by atoms with E-state index in [1.165, 1.54) is 0 Å². The van der Waals surface area contributed by atoms with Crippen LogP contribution in [0.4, 0.5) is 11.6 Å². The minimum absolute atomic E-state index is 0.0803. The number of fused-ring (bicyclic) bond motifs is 2. The smallest absolute Gasteiger partial charge is 0.225 e. The summed E-state index contributed by atoms with van der Waals surface area (Å²) in [6.45, 7) is 10.9. The Kier molecular flexibility index (Phi) is 5.53. The van der Waals surface area contributed by atoms with E-state index >= 15 is 0 Å². The van der Waals surface area contributed by atoms with Crippen molar-refractivity contribution in [2.75, 3.05) is 11.9 Å². The van der Waals surface area contributed by atoms with Crippen molar-refractivity contribution in [1.29, 1.82) is 0 Å². The first kappa shape index (κ1) is 20.8. The number of benzene rings is 1. The van der Waals surface area contributed by atoms with Crippen molar-refractivity contribution >= 4 is 28.5 Å². The van der Waals surface area contributed by atoms with Gasteiger partial charge in [-0.25, -0.2) is 9.83 Å². The lowest BCUT2D eigenvalue weighted by Gasteiger charge is -2.13. The first-order valence-corrected chi connectivity index (χ1v) is 11.1. The summed E-state index contributed by atoms with van der Waals surface area (Å²) in [6.07, 6.45) is 7.57. The van der Waals surface area contributed by atoms with Crippen LogP contribution >= 0.6 is 0 Å². The van der Waals surface area contributed by atoms with Crippen LogP contribution in [-0.2, 0) is 24.2 Å². The third-order valence-corrected chi connectivity index (χ3v) is 5.86. The molecule has 5 rings (SSSR count). The van der Waals surface area contributed by atoms with Crippen LogP contribution in [0.1, 0.15) is 41.6 Å². The summed E-state index contributed by atoms with van der Waals surface area (Å²) in [6, 6.07) is 9.41. The Balaban J connectivity index is 1.54. The van der Waals surface area contributed by atoms with Gasteiger partial charge >= 0.3 is 0 Å². The Morgan fingerprint density at radius 3 is 2.97 bits per heavy atom. The number of carbonyl (C=O) groups is 1. The Morgan fingerprint density at radius 1 is 1.27 bits per heavy atom. The number of nitrogens with zero attached hydrogens (tertiary/aromatic N) is 6. The number of carbonyl (C=O) groups excluding carboxylic acids is 1. The van der Waals surface area contributed by atoms with Crippen molar-refractivity contribution in [3.8, 4) is 0 Å². The molecule has 0 fully saturated rings. The van der Waals surface area contributed by atoms with Crippen molar-refractivity contribution in [3.63, 3.8) is 0 Å². The molecule has 8 nitrogen and oxygen atoms in total. The summed E-state index contributed by atoms with van der Waals surface area (Å²) in [5.74, 6) is 0.00718. The monoisotopic (exact) mass is 437 g/mol. The average molecular weight is 438 g/mol. The molecule has 0 radical (unpaired) electrons. The van der Waals surface area contributed by atoms with E-state index in [4.69, 9.17) is 11.6 Å². The second kappa shape index (κ2) is 8.79. The molecule has 1 atom stereocenters. The van der Waals surface area contributed by atoms with Crippen molar-refractivity contribution in [2.45, 2.75) is 38.6 Å². The van der Waals surface area contributed by atoms with Crippen LogP contribution in [0.15, 0.2) is 48.9 Å². The lowest BCUT2D eigenvalue weighted by Crippen LogP contribution is -2.14. The Bertz CT molecular complexity index is 1370. The van der Waals surface area contributed by atoms with Gasteiger partial charge in [-0.3, -0.25) is 14.5 Å². The van der Waals surface area contributed by atoms with Crippen LogP contribution in [-0.4, -0.2) is 37.1 Å². The molecule has 1 unspecified atom stereocenters. The number of rotatable bonds is 7. The molecule has 1 aromatic carbocycles. The molecular formula is C25H23N7O. The predicted molar refractivity (Wildman–Crippen MR) is 125 cm³/mol. The van der Waals surface area contributed by atoms with Gasteiger partial charge in [0.1, 0.15) is 0 Å². The highest BCUT2D eigenvalue weighted by molar-refractivity contribution is 5.98. The van der Waals surface area contributed by atoms with Gasteiger partial charge in [-0.15, -0.1) is 0 Å². The molecule has 0 aliphatic heterocycles. The molecule has 1 N–H and O–H groups in total. The summed E-state index contributed by atoms with van der Waals surface area (Å²) < 4.78 is 1.86. The summed E-state index contributed by atoms with van der Waals surface area (Å²) in [5, 5.41) is 8.70. The Morgan fingerprint density at radius 2 is 2.18 bits per heavy atom. The molecule has 0 saturated carbocycles. The van der Waals surface area contributed by atoms with E-state index in [-0.39, 0.29) is 5.78 Å². The lowest BCUT2D eigenvalue weighted by molar-refractivity contribution is -0.118. The first-order valence-electron chi connectivity index (χ1n) is 11.1. The number of Topliss-reactive ketones (excluding diaryl/α,β-unsaturated/α-hetero) is 1. The molecule has 1 aliphatic rings. The number of aryl methyl sites for hydroxylation is 1.